The molecule has 3 nitrogen and oxygen atoms in total. The van der Waals surface area contributed by atoms with Gasteiger partial charge in [0.1, 0.15) is 0 Å². The van der Waals surface area contributed by atoms with E-state index in [9.17, 15) is 0 Å². The van der Waals surface area contributed by atoms with Gasteiger partial charge in [-0.2, -0.15) is 0 Å². The van der Waals surface area contributed by atoms with Crippen molar-refractivity contribution < 1.29 is 8.85 Å². The molecule has 0 bridgehead atoms. The van der Waals surface area contributed by atoms with E-state index in [1.54, 1.807) is 41.8 Å². The smallest absolute Gasteiger partial charge is 0.334 e. The zero-order chi connectivity index (χ0) is 20.1. The van der Waals surface area contributed by atoms with Gasteiger partial charge in [0.2, 0.25) is 0 Å². The maximum atomic E-state index is 5.88. The van der Waals surface area contributed by atoms with Gasteiger partial charge in [-0.15, -0.1) is 11.3 Å². The van der Waals surface area contributed by atoms with Crippen molar-refractivity contribution in [3.63, 3.8) is 0 Å². The van der Waals surface area contributed by atoms with Crippen LogP contribution in [0.2, 0.25) is 12.6 Å². The Labute approximate surface area is 203 Å². The summed E-state index contributed by atoms with van der Waals surface area (Å²) in [5.41, 5.74) is 1.09. The largest absolute Gasteiger partial charge is 0.395 e. The van der Waals surface area contributed by atoms with Gasteiger partial charge in [-0.25, -0.2) is 4.98 Å². The fraction of sp³-hybridized carbons (Fsp3) is 0.533. The molecule has 2 aromatic rings. The lowest BCUT2D eigenvalue weighted by Gasteiger charge is -2.25. The summed E-state index contributed by atoms with van der Waals surface area (Å²) >= 11 is 1.76. The summed E-state index contributed by atoms with van der Waals surface area (Å²) in [4.78, 5) is 4.63. The van der Waals surface area contributed by atoms with Crippen LogP contribution in [0.5, 0.6) is 0 Å². The summed E-state index contributed by atoms with van der Waals surface area (Å²) in [5, 5.41) is 0. The second kappa shape index (κ2) is 15.8. The molecular formula is C15H23NO2S9Si. The average Bonchev–Trinajstić information content (AvgIpc) is 3.09. The fourth-order valence-corrected chi connectivity index (χ4v) is 23.3. The lowest BCUT2D eigenvalue weighted by Crippen LogP contribution is -2.38. The molecule has 0 aliphatic heterocycles. The molecule has 1 aromatic carbocycles. The number of thiazole rings is 1. The van der Waals surface area contributed by atoms with E-state index in [1.807, 2.05) is 70.0 Å². The molecule has 0 aliphatic rings. The molecule has 0 N–H and O–H groups in total. The minimum atomic E-state index is -1.93. The van der Waals surface area contributed by atoms with Gasteiger partial charge >= 0.3 is 8.56 Å². The number of hydrogen-bond acceptors (Lipinski definition) is 12. The number of rotatable bonds is 16. The first-order valence-electron chi connectivity index (χ1n) is 8.60. The standard InChI is InChI=1S/C15H23NO2S9Si/c1-4-17-28(3,18-5-2)12-8-11-19-22-24-26-27-25-23-21-15-16-13-9-6-7-10-14(13)20-15/h6-7,9-10H,4-5,8,11-12H2,1-3H3. The van der Waals surface area contributed by atoms with Gasteiger partial charge in [-0.3, -0.25) is 0 Å². The normalized spacial score (nSPS) is 12.1. The number of aromatic nitrogens is 1. The molecule has 1 heterocycles. The van der Waals surface area contributed by atoms with Gasteiger partial charge in [0, 0.05) is 19.0 Å². The van der Waals surface area contributed by atoms with Crippen molar-refractivity contribution in [3.8, 4) is 0 Å². The first-order chi connectivity index (χ1) is 13.7. The molecule has 0 aliphatic carbocycles. The van der Waals surface area contributed by atoms with Crippen LogP contribution < -0.4 is 0 Å². The molecule has 0 saturated heterocycles. The molecule has 28 heavy (non-hydrogen) atoms. The molecule has 2 rings (SSSR count). The predicted octanol–water partition coefficient (Wildman–Crippen LogP) is 9.46. The molecule has 0 spiro atoms. The topological polar surface area (TPSA) is 31.4 Å². The Kier molecular flexibility index (Phi) is 14.8. The second-order valence-corrected chi connectivity index (χ2v) is 23.0. The summed E-state index contributed by atoms with van der Waals surface area (Å²) in [5.74, 6) is 1.14. The van der Waals surface area contributed by atoms with E-state index < -0.39 is 8.56 Å². The van der Waals surface area contributed by atoms with E-state index >= 15 is 0 Å². The number of fused-ring (bicyclic) bond motifs is 1. The first-order valence-corrected chi connectivity index (χ1v) is 22.3. The SMILES string of the molecule is CCO[Si](C)(CCCSSSSSSSSc1nc2ccccc2s1)OCC. The van der Waals surface area contributed by atoms with E-state index in [4.69, 9.17) is 8.85 Å². The Bertz CT molecular complexity index is 639. The lowest BCUT2D eigenvalue weighted by atomic mass is 10.3. The first kappa shape index (κ1) is 26.3. The molecule has 0 fully saturated rings. The van der Waals surface area contributed by atoms with Crippen LogP contribution in [0, 0.1) is 0 Å². The van der Waals surface area contributed by atoms with E-state index in [-0.39, 0.29) is 0 Å². The van der Waals surface area contributed by atoms with Crippen LogP contribution >= 0.6 is 91.9 Å². The lowest BCUT2D eigenvalue weighted by molar-refractivity contribution is 0.189. The fourth-order valence-electron chi connectivity index (χ4n) is 2.28. The number of nitrogens with zero attached hydrogens (tertiary/aromatic N) is 1. The van der Waals surface area contributed by atoms with Crippen molar-refractivity contribution in [3.05, 3.63) is 24.3 Å². The van der Waals surface area contributed by atoms with Crippen molar-refractivity contribution in [2.75, 3.05) is 19.0 Å². The second-order valence-electron chi connectivity index (χ2n) is 5.36. The van der Waals surface area contributed by atoms with Gasteiger partial charge in [-0.1, -0.05) is 22.9 Å². The Morgan fingerprint density at radius 3 is 2.36 bits per heavy atom. The Balaban J connectivity index is 1.43. The monoisotopic (exact) mass is 565 g/mol. The van der Waals surface area contributed by atoms with Gasteiger partial charge in [0.15, 0.2) is 4.34 Å². The van der Waals surface area contributed by atoms with Crippen molar-refractivity contribution >= 4 is 111 Å². The highest BCUT2D eigenvalue weighted by Gasteiger charge is 2.29. The van der Waals surface area contributed by atoms with Crippen LogP contribution in [0.15, 0.2) is 28.6 Å². The minimum Gasteiger partial charge on any atom is -0.395 e. The van der Waals surface area contributed by atoms with Crippen molar-refractivity contribution in [2.24, 2.45) is 0 Å². The van der Waals surface area contributed by atoms with Crippen LogP contribution in [0.1, 0.15) is 20.3 Å². The Morgan fingerprint density at radius 1 is 0.964 bits per heavy atom. The molecule has 0 amide bonds. The Morgan fingerprint density at radius 2 is 1.64 bits per heavy atom. The van der Waals surface area contributed by atoms with Crippen LogP contribution in [0.3, 0.4) is 0 Å². The summed E-state index contributed by atoms with van der Waals surface area (Å²) < 4.78 is 14.1. The number of hydrogen-bond donors (Lipinski definition) is 0. The van der Waals surface area contributed by atoms with Crippen LogP contribution in [0.25, 0.3) is 10.2 Å². The maximum absolute atomic E-state index is 5.88. The van der Waals surface area contributed by atoms with Crippen LogP contribution in [-0.4, -0.2) is 32.5 Å². The molecule has 158 valence electrons. The predicted molar refractivity (Wildman–Crippen MR) is 148 cm³/mol. The zero-order valence-corrected chi connectivity index (χ0v) is 24.1. The molecular weight excluding hydrogens is 543 g/mol. The van der Waals surface area contributed by atoms with Crippen LogP contribution in [-0.2, 0) is 8.85 Å². The molecule has 1 aromatic heterocycles. The third-order valence-electron chi connectivity index (χ3n) is 3.32. The van der Waals surface area contributed by atoms with Gasteiger partial charge in [0.05, 0.1) is 10.2 Å². The highest BCUT2D eigenvalue weighted by Crippen LogP contribution is 2.58. The Hall–Kier alpha value is 2.05. The maximum Gasteiger partial charge on any atom is 0.334 e. The molecule has 0 unspecified atom stereocenters. The van der Waals surface area contributed by atoms with Crippen molar-refractivity contribution in [2.45, 2.75) is 37.2 Å². The van der Waals surface area contributed by atoms with E-state index in [1.165, 1.54) is 4.70 Å². The highest BCUT2D eigenvalue weighted by molar-refractivity contribution is 9.48. The zero-order valence-electron chi connectivity index (χ0n) is 15.8. The van der Waals surface area contributed by atoms with E-state index in [0.29, 0.717) is 0 Å². The van der Waals surface area contributed by atoms with Crippen molar-refractivity contribution in [1.82, 2.24) is 4.98 Å². The van der Waals surface area contributed by atoms with E-state index in [2.05, 4.69) is 29.7 Å². The number of para-hydroxylation sites is 1. The summed E-state index contributed by atoms with van der Waals surface area (Å²) in [6, 6.07) is 9.37. The van der Waals surface area contributed by atoms with Gasteiger partial charge < -0.3 is 8.85 Å². The minimum absolute atomic E-state index is 0.751. The van der Waals surface area contributed by atoms with E-state index in [0.717, 1.165) is 41.3 Å². The molecule has 0 atom stereocenters. The van der Waals surface area contributed by atoms with Gasteiger partial charge in [-0.05, 0) is 115 Å². The summed E-state index contributed by atoms with van der Waals surface area (Å²) in [6.45, 7) is 7.78. The number of benzene rings is 1. The third kappa shape index (κ3) is 10.6. The quantitative estimate of drug-likeness (QED) is 0.111. The molecule has 0 radical (unpaired) electrons. The molecule has 0 saturated carbocycles. The molecule has 13 heteroatoms. The summed E-state index contributed by atoms with van der Waals surface area (Å²) in [6.07, 6.45) is 1.15. The van der Waals surface area contributed by atoms with Gasteiger partial charge in [0.25, 0.3) is 0 Å². The summed E-state index contributed by atoms with van der Waals surface area (Å²) in [7, 11) is 12.6. The third-order valence-corrected chi connectivity index (χ3v) is 22.9. The van der Waals surface area contributed by atoms with Crippen molar-refractivity contribution in [1.29, 1.82) is 0 Å². The highest BCUT2D eigenvalue weighted by atomic mass is 34.0. The van der Waals surface area contributed by atoms with Crippen LogP contribution in [0.4, 0.5) is 0 Å². The average molecular weight is 566 g/mol.